The lowest BCUT2D eigenvalue weighted by Crippen LogP contribution is -2.00. The van der Waals surface area contributed by atoms with Crippen LogP contribution in [0.25, 0.3) is 11.3 Å². The van der Waals surface area contributed by atoms with Crippen LogP contribution in [0.1, 0.15) is 19.3 Å². The Balaban J connectivity index is 1.83. The molecule has 17 heavy (non-hydrogen) atoms. The van der Waals surface area contributed by atoms with Crippen molar-refractivity contribution in [1.29, 1.82) is 0 Å². The second-order valence-corrected chi connectivity index (χ2v) is 4.67. The molecule has 88 valence electrons. The van der Waals surface area contributed by atoms with Crippen molar-refractivity contribution < 1.29 is 0 Å². The van der Waals surface area contributed by atoms with Crippen LogP contribution in [-0.4, -0.2) is 14.5 Å². The summed E-state index contributed by atoms with van der Waals surface area (Å²) in [4.78, 5) is 8.24. The maximum atomic E-state index is 5.71. The Hall–Kier alpha value is -1.84. The van der Waals surface area contributed by atoms with Crippen molar-refractivity contribution in [2.75, 3.05) is 5.73 Å². The molecule has 0 unspecified atom stereocenters. The van der Waals surface area contributed by atoms with Gasteiger partial charge in [0.05, 0.1) is 18.2 Å². The minimum Gasteiger partial charge on any atom is -0.384 e. The maximum Gasteiger partial charge on any atom is 0.123 e. The van der Waals surface area contributed by atoms with Crippen molar-refractivity contribution in [2.45, 2.75) is 25.8 Å². The van der Waals surface area contributed by atoms with Gasteiger partial charge in [-0.1, -0.05) is 12.8 Å². The third-order valence-corrected chi connectivity index (χ3v) is 3.26. The van der Waals surface area contributed by atoms with Crippen LogP contribution in [0, 0.1) is 5.92 Å². The number of nitrogen functional groups attached to an aromatic ring is 1. The van der Waals surface area contributed by atoms with E-state index < -0.39 is 0 Å². The fourth-order valence-electron chi connectivity index (χ4n) is 2.08. The quantitative estimate of drug-likeness (QED) is 0.873. The van der Waals surface area contributed by atoms with Crippen LogP contribution >= 0.6 is 0 Å². The number of aryl methyl sites for hydroxylation is 1. The zero-order valence-electron chi connectivity index (χ0n) is 9.71. The third kappa shape index (κ3) is 2.30. The number of hydrogen-bond acceptors (Lipinski definition) is 3. The molecule has 1 aliphatic carbocycles. The van der Waals surface area contributed by atoms with Gasteiger partial charge in [-0.15, -0.1) is 0 Å². The normalized spacial score (nSPS) is 15.1. The first-order chi connectivity index (χ1) is 8.33. The number of nitrogens with zero attached hydrogens (tertiary/aromatic N) is 3. The van der Waals surface area contributed by atoms with Gasteiger partial charge in [-0.25, -0.2) is 9.97 Å². The van der Waals surface area contributed by atoms with Gasteiger partial charge < -0.3 is 10.3 Å². The Morgan fingerprint density at radius 1 is 1.41 bits per heavy atom. The number of nitrogens with two attached hydrogens (primary N) is 1. The van der Waals surface area contributed by atoms with Crippen molar-refractivity contribution >= 4 is 5.82 Å². The van der Waals surface area contributed by atoms with E-state index in [1.807, 2.05) is 24.7 Å². The lowest BCUT2D eigenvalue weighted by molar-refractivity contribution is 0.600. The average Bonchev–Trinajstić information content (AvgIpc) is 3.04. The number of rotatable bonds is 4. The summed E-state index contributed by atoms with van der Waals surface area (Å²) in [5.41, 5.74) is 7.92. The molecule has 4 nitrogen and oxygen atoms in total. The summed E-state index contributed by atoms with van der Waals surface area (Å²) in [5.74, 6) is 1.49. The van der Waals surface area contributed by atoms with Gasteiger partial charge in [-0.2, -0.15) is 0 Å². The molecule has 1 fully saturated rings. The van der Waals surface area contributed by atoms with Gasteiger partial charge in [0.2, 0.25) is 0 Å². The molecule has 1 aliphatic rings. The Morgan fingerprint density at radius 3 is 3.06 bits per heavy atom. The minimum atomic E-state index is 0.553. The molecule has 0 atom stereocenters. The van der Waals surface area contributed by atoms with Crippen molar-refractivity contribution in [1.82, 2.24) is 14.5 Å². The van der Waals surface area contributed by atoms with Crippen LogP contribution in [0.2, 0.25) is 0 Å². The van der Waals surface area contributed by atoms with Gasteiger partial charge in [0.15, 0.2) is 0 Å². The van der Waals surface area contributed by atoms with E-state index in [1.54, 1.807) is 6.20 Å². The van der Waals surface area contributed by atoms with Crippen molar-refractivity contribution in [2.24, 2.45) is 5.92 Å². The van der Waals surface area contributed by atoms with E-state index in [0.717, 1.165) is 23.7 Å². The van der Waals surface area contributed by atoms with Crippen LogP contribution in [-0.2, 0) is 6.54 Å². The van der Waals surface area contributed by atoms with Crippen LogP contribution < -0.4 is 5.73 Å². The zero-order valence-corrected chi connectivity index (χ0v) is 9.71. The van der Waals surface area contributed by atoms with Gasteiger partial charge >= 0.3 is 0 Å². The Bertz CT molecular complexity index is 514. The first-order valence-electron chi connectivity index (χ1n) is 6.05. The summed E-state index contributed by atoms with van der Waals surface area (Å²) in [6.07, 6.45) is 9.57. The molecule has 0 spiro atoms. The molecule has 4 heteroatoms. The highest BCUT2D eigenvalue weighted by molar-refractivity contribution is 5.61. The summed E-state index contributed by atoms with van der Waals surface area (Å²) < 4.78 is 2.20. The lowest BCUT2D eigenvalue weighted by atomic mass is 10.2. The summed E-state index contributed by atoms with van der Waals surface area (Å²) in [7, 11) is 0. The van der Waals surface area contributed by atoms with E-state index in [2.05, 4.69) is 14.5 Å². The van der Waals surface area contributed by atoms with Gasteiger partial charge in [-0.3, -0.25) is 0 Å². The van der Waals surface area contributed by atoms with E-state index in [-0.39, 0.29) is 0 Å². The second-order valence-electron chi connectivity index (χ2n) is 4.67. The molecular formula is C13H16N4. The molecule has 0 aromatic carbocycles. The smallest absolute Gasteiger partial charge is 0.123 e. The average molecular weight is 228 g/mol. The van der Waals surface area contributed by atoms with Crippen molar-refractivity contribution in [3.63, 3.8) is 0 Å². The Kier molecular flexibility index (Phi) is 2.55. The van der Waals surface area contributed by atoms with Crippen LogP contribution in [0.5, 0.6) is 0 Å². The predicted octanol–water partition coefficient (Wildman–Crippen LogP) is 2.33. The van der Waals surface area contributed by atoms with Crippen molar-refractivity contribution in [3.05, 3.63) is 30.9 Å². The van der Waals surface area contributed by atoms with Crippen LogP contribution in [0.15, 0.2) is 30.9 Å². The number of hydrogen-bond donors (Lipinski definition) is 1. The highest BCUT2D eigenvalue weighted by Crippen LogP contribution is 2.33. The Morgan fingerprint density at radius 2 is 2.29 bits per heavy atom. The molecule has 0 saturated heterocycles. The monoisotopic (exact) mass is 228 g/mol. The molecule has 3 rings (SSSR count). The molecule has 0 aliphatic heterocycles. The molecular weight excluding hydrogens is 212 g/mol. The zero-order chi connectivity index (χ0) is 11.7. The molecule has 0 radical (unpaired) electrons. The number of imidazole rings is 1. The summed E-state index contributed by atoms with van der Waals surface area (Å²) >= 11 is 0. The van der Waals surface area contributed by atoms with Crippen molar-refractivity contribution in [3.8, 4) is 11.3 Å². The van der Waals surface area contributed by atoms with Gasteiger partial charge in [0.25, 0.3) is 0 Å². The number of pyridine rings is 1. The van der Waals surface area contributed by atoms with E-state index >= 15 is 0 Å². The van der Waals surface area contributed by atoms with E-state index in [4.69, 9.17) is 5.73 Å². The first-order valence-corrected chi connectivity index (χ1v) is 6.05. The van der Waals surface area contributed by atoms with Gasteiger partial charge in [0, 0.05) is 18.3 Å². The topological polar surface area (TPSA) is 56.7 Å². The summed E-state index contributed by atoms with van der Waals surface area (Å²) in [5, 5.41) is 0. The highest BCUT2D eigenvalue weighted by atomic mass is 15.0. The number of aromatic nitrogens is 3. The molecule has 0 amide bonds. The molecule has 2 aromatic heterocycles. The second kappa shape index (κ2) is 4.20. The first kappa shape index (κ1) is 10.3. The molecule has 2 aromatic rings. The largest absolute Gasteiger partial charge is 0.384 e. The fraction of sp³-hybridized carbons (Fsp3) is 0.385. The predicted molar refractivity (Wildman–Crippen MR) is 67.2 cm³/mol. The fourth-order valence-corrected chi connectivity index (χ4v) is 2.08. The molecule has 0 bridgehead atoms. The third-order valence-electron chi connectivity index (χ3n) is 3.26. The lowest BCUT2D eigenvalue weighted by Gasteiger charge is -2.07. The molecule has 1 saturated carbocycles. The van der Waals surface area contributed by atoms with E-state index in [0.29, 0.717) is 5.82 Å². The summed E-state index contributed by atoms with van der Waals surface area (Å²) in [6.45, 7) is 1.04. The van der Waals surface area contributed by atoms with Gasteiger partial charge in [-0.05, 0) is 24.5 Å². The van der Waals surface area contributed by atoms with E-state index in [9.17, 15) is 0 Å². The summed E-state index contributed by atoms with van der Waals surface area (Å²) in [6, 6.07) is 3.87. The number of anilines is 1. The highest BCUT2D eigenvalue weighted by Gasteiger charge is 2.21. The minimum absolute atomic E-state index is 0.553. The van der Waals surface area contributed by atoms with E-state index in [1.165, 1.54) is 19.3 Å². The van der Waals surface area contributed by atoms with Crippen LogP contribution in [0.4, 0.5) is 5.82 Å². The standard InChI is InChI=1S/C13H16N4/c14-13-7-11(3-5-16-13)12-8-15-9-17(12)6-4-10-1-2-10/h3,5,7-10H,1-2,4,6H2,(H2,14,16). The molecule has 2 heterocycles. The van der Waals surface area contributed by atoms with Crippen LogP contribution in [0.3, 0.4) is 0 Å². The molecule has 2 N–H and O–H groups in total. The Labute approximate surface area is 101 Å². The van der Waals surface area contributed by atoms with Gasteiger partial charge in [0.1, 0.15) is 5.82 Å². The maximum absolute atomic E-state index is 5.71. The SMILES string of the molecule is Nc1cc(-c2cncn2CCC2CC2)ccn1.